The summed E-state index contributed by atoms with van der Waals surface area (Å²) in [6.45, 7) is 6.21. The fourth-order valence-electron chi connectivity index (χ4n) is 4.10. The zero-order valence-electron chi connectivity index (χ0n) is 19.3. The molecule has 2 aromatic heterocycles. The minimum atomic E-state index is -0.347. The molecule has 3 heterocycles. The highest BCUT2D eigenvalue weighted by Crippen LogP contribution is 2.36. The fourth-order valence-corrected chi connectivity index (χ4v) is 4.86. The smallest absolute Gasteiger partial charge is 0.278 e. The van der Waals surface area contributed by atoms with E-state index in [4.69, 9.17) is 16.4 Å². The number of halogens is 2. The number of amides is 1. The van der Waals surface area contributed by atoms with Gasteiger partial charge in [-0.25, -0.2) is 10.5 Å². The third-order valence-electron chi connectivity index (χ3n) is 6.42. The van der Waals surface area contributed by atoms with Gasteiger partial charge in [-0.3, -0.25) is 14.0 Å². The summed E-state index contributed by atoms with van der Waals surface area (Å²) < 4.78 is 2.89. The van der Waals surface area contributed by atoms with Crippen molar-refractivity contribution in [2.24, 2.45) is 5.92 Å². The molecule has 34 heavy (non-hydrogen) atoms. The fraction of sp³-hybridized carbons (Fsp3) is 0.417. The summed E-state index contributed by atoms with van der Waals surface area (Å²) in [5, 5.41) is 3.76. The van der Waals surface area contributed by atoms with E-state index in [0.717, 1.165) is 60.6 Å². The number of fused-ring (bicyclic) bond motifs is 1. The highest BCUT2D eigenvalue weighted by molar-refractivity contribution is 9.10. The maximum Gasteiger partial charge on any atom is 0.278 e. The van der Waals surface area contributed by atoms with Gasteiger partial charge in [0.25, 0.3) is 5.91 Å². The Bertz CT molecular complexity index is 1220. The van der Waals surface area contributed by atoms with Crippen LogP contribution in [0, 0.1) is 12.8 Å². The molecule has 1 saturated heterocycles. The Morgan fingerprint density at radius 3 is 2.74 bits per heavy atom. The molecular formula is C24H28BrClN6O2. The number of rotatable bonds is 7. The summed E-state index contributed by atoms with van der Waals surface area (Å²) in [5.41, 5.74) is 5.98. The van der Waals surface area contributed by atoms with Gasteiger partial charge in [-0.2, -0.15) is 0 Å². The zero-order valence-corrected chi connectivity index (χ0v) is 21.6. The Kier molecular flexibility index (Phi) is 6.70. The molecule has 1 amide bonds. The Morgan fingerprint density at radius 2 is 2.03 bits per heavy atom. The van der Waals surface area contributed by atoms with Crippen molar-refractivity contribution >= 4 is 56.3 Å². The Balaban J connectivity index is 1.53. The van der Waals surface area contributed by atoms with Crippen LogP contribution in [0.2, 0.25) is 5.02 Å². The molecule has 1 saturated carbocycles. The van der Waals surface area contributed by atoms with Crippen molar-refractivity contribution in [1.29, 1.82) is 0 Å². The summed E-state index contributed by atoms with van der Waals surface area (Å²) >= 11 is 10.4. The van der Waals surface area contributed by atoms with Crippen LogP contribution in [0.1, 0.15) is 28.8 Å². The quantitative estimate of drug-likeness (QED) is 0.421. The van der Waals surface area contributed by atoms with Crippen molar-refractivity contribution in [2.45, 2.75) is 19.8 Å². The van der Waals surface area contributed by atoms with Crippen LogP contribution in [0.25, 0.3) is 5.65 Å². The number of benzene rings is 1. The molecule has 0 radical (unpaired) electrons. The molecule has 10 heteroatoms. The first-order valence-corrected chi connectivity index (χ1v) is 12.7. The molecule has 1 aromatic carbocycles. The Morgan fingerprint density at radius 1 is 1.26 bits per heavy atom. The molecule has 1 aliphatic heterocycles. The van der Waals surface area contributed by atoms with Crippen LogP contribution in [-0.2, 0) is 4.84 Å². The molecule has 0 spiro atoms. The molecule has 5 rings (SSSR count). The predicted octanol–water partition coefficient (Wildman–Crippen LogP) is 4.63. The number of nitrogens with zero attached hydrogens (tertiary/aromatic N) is 4. The number of likely N-dealkylation sites (N-methyl/N-ethyl adjacent to an activating group) is 1. The van der Waals surface area contributed by atoms with E-state index in [9.17, 15) is 4.79 Å². The molecule has 2 aliphatic rings. The van der Waals surface area contributed by atoms with Gasteiger partial charge in [0, 0.05) is 42.5 Å². The lowest BCUT2D eigenvalue weighted by atomic mass is 10.1. The summed E-state index contributed by atoms with van der Waals surface area (Å²) in [5.74, 6) is 1.11. The average Bonchev–Trinajstić information content (AvgIpc) is 3.54. The van der Waals surface area contributed by atoms with Crippen molar-refractivity contribution in [3.8, 4) is 0 Å². The summed E-state index contributed by atoms with van der Waals surface area (Å²) in [7, 11) is 2.12. The maximum absolute atomic E-state index is 13.2. The third kappa shape index (κ3) is 4.88. The second-order valence-corrected chi connectivity index (χ2v) is 10.4. The molecule has 2 N–H and O–H groups in total. The van der Waals surface area contributed by atoms with Gasteiger partial charge >= 0.3 is 0 Å². The minimum absolute atomic E-state index is 0.347. The highest BCUT2D eigenvalue weighted by Gasteiger charge is 2.25. The first-order valence-electron chi connectivity index (χ1n) is 11.5. The van der Waals surface area contributed by atoms with Crippen LogP contribution in [0.4, 0.5) is 17.2 Å². The SMILES string of the molecule is Cc1cc(Br)ccc1Nc1c(C(=O)NOCC2CC2)cn2c(N3CCN(C)CC3)cnc2c1Cl. The first kappa shape index (κ1) is 23.4. The van der Waals surface area contributed by atoms with Gasteiger partial charge < -0.3 is 15.1 Å². The molecule has 3 aromatic rings. The van der Waals surface area contributed by atoms with E-state index in [1.54, 1.807) is 6.20 Å². The monoisotopic (exact) mass is 546 g/mol. The van der Waals surface area contributed by atoms with Crippen molar-refractivity contribution in [2.75, 3.05) is 50.1 Å². The van der Waals surface area contributed by atoms with Crippen LogP contribution in [0.5, 0.6) is 0 Å². The molecule has 180 valence electrons. The van der Waals surface area contributed by atoms with Crippen LogP contribution in [0.3, 0.4) is 0 Å². The van der Waals surface area contributed by atoms with E-state index < -0.39 is 0 Å². The highest BCUT2D eigenvalue weighted by atomic mass is 79.9. The van der Waals surface area contributed by atoms with Crippen LogP contribution < -0.4 is 15.7 Å². The lowest BCUT2D eigenvalue weighted by Crippen LogP contribution is -2.44. The van der Waals surface area contributed by atoms with Crippen LogP contribution in [-0.4, -0.2) is 60.0 Å². The summed E-state index contributed by atoms with van der Waals surface area (Å²) in [6.07, 6.45) is 5.92. The number of piperazine rings is 1. The van der Waals surface area contributed by atoms with Crippen molar-refractivity contribution < 1.29 is 9.63 Å². The number of pyridine rings is 1. The average molecular weight is 548 g/mol. The lowest BCUT2D eigenvalue weighted by molar-refractivity contribution is 0.0270. The van der Waals surface area contributed by atoms with Crippen molar-refractivity contribution in [3.05, 3.63) is 51.2 Å². The summed E-state index contributed by atoms with van der Waals surface area (Å²) in [4.78, 5) is 27.9. The molecule has 0 atom stereocenters. The Hall–Kier alpha value is -2.33. The number of aryl methyl sites for hydroxylation is 1. The number of imidazole rings is 1. The number of carbonyl (C=O) groups is 1. The second-order valence-electron chi connectivity index (χ2n) is 9.10. The number of aromatic nitrogens is 2. The number of anilines is 3. The van der Waals surface area contributed by atoms with Gasteiger partial charge in [-0.05, 0) is 56.5 Å². The van der Waals surface area contributed by atoms with E-state index >= 15 is 0 Å². The number of hydroxylamine groups is 1. The normalized spacial score (nSPS) is 16.8. The van der Waals surface area contributed by atoms with E-state index in [0.29, 0.717) is 34.4 Å². The Labute approximate surface area is 212 Å². The molecular weight excluding hydrogens is 520 g/mol. The van der Waals surface area contributed by atoms with Gasteiger partial charge in [0.2, 0.25) is 0 Å². The predicted molar refractivity (Wildman–Crippen MR) is 138 cm³/mol. The number of carbonyl (C=O) groups excluding carboxylic acids is 1. The van der Waals surface area contributed by atoms with E-state index in [1.165, 1.54) is 0 Å². The van der Waals surface area contributed by atoms with E-state index in [2.05, 4.69) is 48.6 Å². The molecule has 1 aliphatic carbocycles. The standard InChI is InChI=1S/C24H28BrClN6O2/c1-15-11-17(25)5-6-19(15)28-22-18(24(33)29-34-14-16-3-4-16)13-32-20(12-27-23(32)21(22)26)31-9-7-30(2)8-10-31/h5-6,11-13,16,28H,3-4,7-10,14H2,1-2H3,(H,29,33). The largest absolute Gasteiger partial charge is 0.354 e. The number of nitrogens with one attached hydrogen (secondary N) is 2. The number of hydrogen-bond donors (Lipinski definition) is 2. The molecule has 0 unspecified atom stereocenters. The second kappa shape index (κ2) is 9.73. The molecule has 8 nitrogen and oxygen atoms in total. The van der Waals surface area contributed by atoms with Crippen molar-refractivity contribution in [3.63, 3.8) is 0 Å². The zero-order chi connectivity index (χ0) is 23.8. The van der Waals surface area contributed by atoms with Crippen LogP contribution in [0.15, 0.2) is 35.1 Å². The van der Waals surface area contributed by atoms with Gasteiger partial charge in [0.05, 0.1) is 24.1 Å². The van der Waals surface area contributed by atoms with Gasteiger partial charge in [0.15, 0.2) is 5.65 Å². The van der Waals surface area contributed by atoms with E-state index in [1.807, 2.05) is 35.7 Å². The molecule has 0 bridgehead atoms. The first-order chi connectivity index (χ1) is 16.4. The third-order valence-corrected chi connectivity index (χ3v) is 7.27. The van der Waals surface area contributed by atoms with Crippen LogP contribution >= 0.6 is 27.5 Å². The lowest BCUT2D eigenvalue weighted by Gasteiger charge is -2.33. The minimum Gasteiger partial charge on any atom is -0.354 e. The van der Waals surface area contributed by atoms with Gasteiger partial charge in [0.1, 0.15) is 10.8 Å². The van der Waals surface area contributed by atoms with Crippen molar-refractivity contribution in [1.82, 2.24) is 19.8 Å². The molecule has 2 fully saturated rings. The van der Waals surface area contributed by atoms with Gasteiger partial charge in [-0.1, -0.05) is 27.5 Å². The number of hydrogen-bond acceptors (Lipinski definition) is 6. The topological polar surface area (TPSA) is 74.1 Å². The summed E-state index contributed by atoms with van der Waals surface area (Å²) in [6, 6.07) is 5.90. The van der Waals surface area contributed by atoms with E-state index in [-0.39, 0.29) is 5.91 Å². The maximum atomic E-state index is 13.2. The van der Waals surface area contributed by atoms with Gasteiger partial charge in [-0.15, -0.1) is 0 Å².